The van der Waals surface area contributed by atoms with Gasteiger partial charge >= 0.3 is 0 Å². The lowest BCUT2D eigenvalue weighted by Crippen LogP contribution is -2.40. The Morgan fingerprint density at radius 3 is 2.25 bits per heavy atom. The van der Waals surface area contributed by atoms with Gasteiger partial charge in [-0.15, -0.1) is 12.4 Å². The standard InChI is InChI=1S/C16H26N2O4S.ClH/c1-12(13(2)17)16(19)18(3)10-5-11-22-14-6-8-15(9-7-14)23(4,20)21;/h6-9,12-13H,5,10-11,17H2,1-4H3;1H. The molecule has 0 aliphatic rings. The second-order valence-electron chi connectivity index (χ2n) is 5.85. The molecule has 2 atom stereocenters. The zero-order valence-electron chi connectivity index (χ0n) is 14.6. The number of halogens is 1. The first kappa shape index (κ1) is 22.7. The van der Waals surface area contributed by atoms with Crippen molar-refractivity contribution in [3.05, 3.63) is 24.3 Å². The first-order valence-electron chi connectivity index (χ1n) is 7.56. The lowest BCUT2D eigenvalue weighted by molar-refractivity contribution is -0.134. The highest BCUT2D eigenvalue weighted by Crippen LogP contribution is 2.16. The van der Waals surface area contributed by atoms with Crippen LogP contribution in [0.2, 0.25) is 0 Å². The molecule has 0 saturated heterocycles. The van der Waals surface area contributed by atoms with Crippen LogP contribution in [-0.4, -0.2) is 51.7 Å². The summed E-state index contributed by atoms with van der Waals surface area (Å²) in [5, 5.41) is 0. The summed E-state index contributed by atoms with van der Waals surface area (Å²) in [4.78, 5) is 13.9. The molecular weight excluding hydrogens is 352 g/mol. The van der Waals surface area contributed by atoms with Crippen LogP contribution < -0.4 is 10.5 Å². The Balaban J connectivity index is 0.00000529. The van der Waals surface area contributed by atoms with Gasteiger partial charge in [-0.3, -0.25) is 4.79 Å². The minimum Gasteiger partial charge on any atom is -0.494 e. The summed E-state index contributed by atoms with van der Waals surface area (Å²) < 4.78 is 28.3. The molecule has 0 heterocycles. The number of amides is 1. The molecule has 2 unspecified atom stereocenters. The number of carbonyl (C=O) groups is 1. The van der Waals surface area contributed by atoms with E-state index in [0.29, 0.717) is 25.3 Å². The van der Waals surface area contributed by atoms with Gasteiger partial charge < -0.3 is 15.4 Å². The van der Waals surface area contributed by atoms with Crippen LogP contribution >= 0.6 is 12.4 Å². The molecule has 1 aromatic rings. The Kier molecular flexibility index (Phi) is 9.32. The Morgan fingerprint density at radius 1 is 1.25 bits per heavy atom. The molecule has 8 heteroatoms. The molecule has 0 bridgehead atoms. The topological polar surface area (TPSA) is 89.7 Å². The number of sulfone groups is 1. The Bertz CT molecular complexity index is 617. The molecule has 0 aliphatic carbocycles. The van der Waals surface area contributed by atoms with Crippen molar-refractivity contribution in [3.8, 4) is 5.75 Å². The molecule has 1 amide bonds. The summed E-state index contributed by atoms with van der Waals surface area (Å²) in [6, 6.07) is 6.12. The van der Waals surface area contributed by atoms with E-state index in [9.17, 15) is 13.2 Å². The predicted molar refractivity (Wildman–Crippen MR) is 97.4 cm³/mol. The predicted octanol–water partition coefficient (Wildman–Crippen LogP) is 1.72. The summed E-state index contributed by atoms with van der Waals surface area (Å²) in [5.74, 6) is 0.428. The first-order valence-corrected chi connectivity index (χ1v) is 9.45. The van der Waals surface area contributed by atoms with E-state index in [-0.39, 0.29) is 35.2 Å². The van der Waals surface area contributed by atoms with E-state index in [0.717, 1.165) is 0 Å². The second kappa shape index (κ2) is 9.86. The quantitative estimate of drug-likeness (QED) is 0.695. The molecule has 0 radical (unpaired) electrons. The van der Waals surface area contributed by atoms with Gasteiger partial charge in [0.2, 0.25) is 5.91 Å². The van der Waals surface area contributed by atoms with E-state index in [4.69, 9.17) is 10.5 Å². The van der Waals surface area contributed by atoms with E-state index in [1.165, 1.54) is 18.4 Å². The van der Waals surface area contributed by atoms with E-state index >= 15 is 0 Å². The summed E-state index contributed by atoms with van der Waals surface area (Å²) in [6.07, 6.45) is 1.85. The fourth-order valence-corrected chi connectivity index (χ4v) is 2.59. The highest BCUT2D eigenvalue weighted by atomic mass is 35.5. The van der Waals surface area contributed by atoms with Gasteiger partial charge in [-0.1, -0.05) is 6.92 Å². The number of benzene rings is 1. The van der Waals surface area contributed by atoms with Gasteiger partial charge in [0, 0.05) is 25.9 Å². The maximum Gasteiger partial charge on any atom is 0.226 e. The molecule has 6 nitrogen and oxygen atoms in total. The maximum absolute atomic E-state index is 12.0. The van der Waals surface area contributed by atoms with Crippen molar-refractivity contribution >= 4 is 28.2 Å². The molecule has 138 valence electrons. The minimum atomic E-state index is -3.19. The van der Waals surface area contributed by atoms with Gasteiger partial charge in [-0.05, 0) is 37.6 Å². The molecule has 0 saturated carbocycles. The molecule has 2 N–H and O–H groups in total. The summed E-state index contributed by atoms with van der Waals surface area (Å²) in [7, 11) is -1.44. The van der Waals surface area contributed by atoms with Crippen LogP contribution in [0, 0.1) is 5.92 Å². The van der Waals surface area contributed by atoms with Gasteiger partial charge in [0.25, 0.3) is 0 Å². The smallest absolute Gasteiger partial charge is 0.226 e. The van der Waals surface area contributed by atoms with Crippen molar-refractivity contribution in [2.75, 3.05) is 26.5 Å². The van der Waals surface area contributed by atoms with Gasteiger partial charge in [-0.25, -0.2) is 8.42 Å². The van der Waals surface area contributed by atoms with Crippen LogP contribution in [0.1, 0.15) is 20.3 Å². The molecule has 0 spiro atoms. The third-order valence-corrected chi connectivity index (χ3v) is 4.84. The van der Waals surface area contributed by atoms with Gasteiger partial charge in [0.05, 0.1) is 17.4 Å². The van der Waals surface area contributed by atoms with E-state index in [1.807, 2.05) is 13.8 Å². The van der Waals surface area contributed by atoms with Crippen molar-refractivity contribution in [1.29, 1.82) is 0 Å². The molecule has 24 heavy (non-hydrogen) atoms. The fourth-order valence-electron chi connectivity index (χ4n) is 1.96. The largest absolute Gasteiger partial charge is 0.494 e. The number of nitrogens with two attached hydrogens (primary N) is 1. The number of hydrogen-bond acceptors (Lipinski definition) is 5. The van der Waals surface area contributed by atoms with Crippen LogP contribution in [0.3, 0.4) is 0 Å². The molecule has 1 rings (SSSR count). The second-order valence-corrected chi connectivity index (χ2v) is 7.87. The highest BCUT2D eigenvalue weighted by Gasteiger charge is 2.20. The van der Waals surface area contributed by atoms with Crippen molar-refractivity contribution in [1.82, 2.24) is 4.90 Å². The average molecular weight is 379 g/mol. The van der Waals surface area contributed by atoms with Crippen molar-refractivity contribution in [2.24, 2.45) is 11.7 Å². The zero-order valence-corrected chi connectivity index (χ0v) is 16.2. The Labute approximate surface area is 150 Å². The monoisotopic (exact) mass is 378 g/mol. The summed E-state index contributed by atoms with van der Waals surface area (Å²) in [5.41, 5.74) is 5.73. The van der Waals surface area contributed by atoms with E-state index in [1.54, 1.807) is 24.1 Å². The first-order chi connectivity index (χ1) is 10.6. The number of ether oxygens (including phenoxy) is 1. The average Bonchev–Trinajstić information content (AvgIpc) is 2.49. The molecule has 1 aromatic carbocycles. The normalized spacial score (nSPS) is 13.5. The van der Waals surface area contributed by atoms with Gasteiger partial charge in [0.15, 0.2) is 9.84 Å². The third kappa shape index (κ3) is 7.07. The number of rotatable bonds is 8. The zero-order chi connectivity index (χ0) is 17.6. The van der Waals surface area contributed by atoms with E-state index < -0.39 is 9.84 Å². The Morgan fingerprint density at radius 2 is 1.79 bits per heavy atom. The highest BCUT2D eigenvalue weighted by molar-refractivity contribution is 7.90. The number of carbonyl (C=O) groups excluding carboxylic acids is 1. The Hall–Kier alpha value is -1.31. The maximum atomic E-state index is 12.0. The number of nitrogens with zero attached hydrogens (tertiary/aromatic N) is 1. The lowest BCUT2D eigenvalue weighted by Gasteiger charge is -2.23. The molecule has 0 aliphatic heterocycles. The third-order valence-electron chi connectivity index (χ3n) is 3.71. The van der Waals surface area contributed by atoms with Crippen LogP contribution in [-0.2, 0) is 14.6 Å². The molecule has 0 fully saturated rings. The SMILES string of the molecule is CC(N)C(C)C(=O)N(C)CCCOc1ccc(S(C)(=O)=O)cc1.Cl. The van der Waals surface area contributed by atoms with Gasteiger partial charge in [-0.2, -0.15) is 0 Å². The van der Waals surface area contributed by atoms with Crippen molar-refractivity contribution in [2.45, 2.75) is 31.2 Å². The van der Waals surface area contributed by atoms with Crippen molar-refractivity contribution in [3.63, 3.8) is 0 Å². The van der Waals surface area contributed by atoms with Crippen LogP contribution in [0.25, 0.3) is 0 Å². The van der Waals surface area contributed by atoms with Crippen LogP contribution in [0.4, 0.5) is 0 Å². The van der Waals surface area contributed by atoms with Crippen molar-refractivity contribution < 1.29 is 17.9 Å². The van der Waals surface area contributed by atoms with Crippen LogP contribution in [0.15, 0.2) is 29.2 Å². The molecular formula is C16H27ClN2O4S. The lowest BCUT2D eigenvalue weighted by atomic mass is 10.0. The van der Waals surface area contributed by atoms with Crippen LogP contribution in [0.5, 0.6) is 5.75 Å². The molecule has 0 aromatic heterocycles. The summed E-state index contributed by atoms with van der Waals surface area (Å²) in [6.45, 7) is 4.67. The minimum absolute atomic E-state index is 0. The fraction of sp³-hybridized carbons (Fsp3) is 0.562. The number of hydrogen-bond donors (Lipinski definition) is 1. The van der Waals surface area contributed by atoms with Gasteiger partial charge in [0.1, 0.15) is 5.75 Å². The van der Waals surface area contributed by atoms with E-state index in [2.05, 4.69) is 0 Å². The summed E-state index contributed by atoms with van der Waals surface area (Å²) >= 11 is 0.